The van der Waals surface area contributed by atoms with Gasteiger partial charge in [0.1, 0.15) is 5.76 Å². The van der Waals surface area contributed by atoms with Crippen LogP contribution in [0.4, 0.5) is 13.2 Å². The van der Waals surface area contributed by atoms with Gasteiger partial charge in [0.2, 0.25) is 0 Å². The van der Waals surface area contributed by atoms with Crippen LogP contribution in [0.3, 0.4) is 0 Å². The van der Waals surface area contributed by atoms with Crippen molar-refractivity contribution in [2.45, 2.75) is 104 Å². The van der Waals surface area contributed by atoms with Gasteiger partial charge in [0.15, 0.2) is 0 Å². The molecule has 0 saturated heterocycles. The molecule has 0 aromatic rings. The number of fused-ring (bicyclic) bond motifs is 7. The molecule has 4 fully saturated rings. The summed E-state index contributed by atoms with van der Waals surface area (Å²) in [6.07, 6.45) is 10.7. The van der Waals surface area contributed by atoms with Gasteiger partial charge in [0.25, 0.3) is 0 Å². The molecule has 1 unspecified atom stereocenters. The van der Waals surface area contributed by atoms with Crippen LogP contribution < -0.4 is 0 Å². The van der Waals surface area contributed by atoms with E-state index in [0.29, 0.717) is 24.2 Å². The Balaban J connectivity index is 1.49. The Morgan fingerprint density at radius 3 is 2.24 bits per heavy atom. The fourth-order valence-corrected chi connectivity index (χ4v) is 11.8. The molecule has 0 heterocycles. The largest absolute Gasteiger partial charge is 0.534 e. The Labute approximate surface area is 227 Å². The standard InChI is InChI=1S/C28H42F3O5PS/c1-23(2)19-10-14-26(5)20(24(19,3)13-11-21(23)36-38(33,34)28(29,30)31)9-8-17-18-7-6-12-27(18,22(32)35-37)16-15-25(17,26)4/h11,17-20H,6-10,12-16,37H2,1-5H3/t17-,18-,19+,20-,24+,25-,26-,27+/m1/s1. The average molecular weight is 579 g/mol. The van der Waals surface area contributed by atoms with E-state index in [1.165, 1.54) is 0 Å². The molecule has 0 spiro atoms. The Kier molecular flexibility index (Phi) is 6.49. The number of halogens is 3. The van der Waals surface area contributed by atoms with Gasteiger partial charge in [0, 0.05) is 5.41 Å². The first kappa shape index (κ1) is 28.7. The third kappa shape index (κ3) is 3.58. The highest BCUT2D eigenvalue weighted by Crippen LogP contribution is 2.76. The lowest BCUT2D eigenvalue weighted by Crippen LogP contribution is -2.65. The van der Waals surface area contributed by atoms with Gasteiger partial charge in [-0.1, -0.05) is 41.0 Å². The van der Waals surface area contributed by atoms with Crippen molar-refractivity contribution in [3.63, 3.8) is 0 Å². The molecule has 0 N–H and O–H groups in total. The SMILES string of the molecule is CC1(C)C(OS(=O)(=O)C(F)(F)F)=CC[C@]2(C)[C@H]3CC[C@@H]4[C@H]5CCC[C@]5(C(=O)OP)CC[C@@]4(C)[C@]3(C)CC[C@@H]12. The Hall–Kier alpha value is -0.820. The summed E-state index contributed by atoms with van der Waals surface area (Å²) in [5.41, 5.74) is -6.80. The fraction of sp³-hybridized carbons (Fsp3) is 0.893. The lowest BCUT2D eigenvalue weighted by atomic mass is 9.33. The monoisotopic (exact) mass is 578 g/mol. The van der Waals surface area contributed by atoms with Gasteiger partial charge in [-0.2, -0.15) is 21.6 Å². The van der Waals surface area contributed by atoms with Gasteiger partial charge in [-0.15, -0.1) is 0 Å². The van der Waals surface area contributed by atoms with Crippen LogP contribution in [-0.4, -0.2) is 19.9 Å². The van der Waals surface area contributed by atoms with Gasteiger partial charge < -0.3 is 8.71 Å². The molecule has 0 aromatic heterocycles. The van der Waals surface area contributed by atoms with Crippen molar-refractivity contribution in [1.82, 2.24) is 0 Å². The normalized spacial score (nSPS) is 46.1. The topological polar surface area (TPSA) is 69.7 Å². The van der Waals surface area contributed by atoms with Crippen molar-refractivity contribution in [1.29, 1.82) is 0 Å². The second-order valence-corrected chi connectivity index (χ2v) is 16.0. The smallest absolute Gasteiger partial charge is 0.451 e. The highest BCUT2D eigenvalue weighted by atomic mass is 32.2. The summed E-state index contributed by atoms with van der Waals surface area (Å²) in [5.74, 6) is 0.951. The van der Waals surface area contributed by atoms with Crippen molar-refractivity contribution in [2.24, 2.45) is 50.7 Å². The van der Waals surface area contributed by atoms with Crippen molar-refractivity contribution < 1.29 is 35.1 Å². The summed E-state index contributed by atoms with van der Waals surface area (Å²) in [6.45, 7) is 10.8. The molecule has 0 aromatic carbocycles. The fourth-order valence-electron chi connectivity index (χ4n) is 10.9. The van der Waals surface area contributed by atoms with E-state index in [4.69, 9.17) is 8.71 Å². The highest BCUT2D eigenvalue weighted by molar-refractivity contribution is 7.87. The van der Waals surface area contributed by atoms with Crippen LogP contribution in [0.1, 0.15) is 98.8 Å². The number of hydrogen-bond donors (Lipinski definition) is 0. The first-order valence-electron chi connectivity index (χ1n) is 14.0. The zero-order chi connectivity index (χ0) is 28.2. The quantitative estimate of drug-likeness (QED) is 0.197. The number of alkyl halides is 3. The molecular formula is C28H42F3O5PS. The average Bonchev–Trinajstić information content (AvgIpc) is 3.25. The molecule has 5 aliphatic rings. The summed E-state index contributed by atoms with van der Waals surface area (Å²) in [4.78, 5) is 13.0. The molecule has 216 valence electrons. The molecule has 0 amide bonds. The van der Waals surface area contributed by atoms with E-state index in [-0.39, 0.29) is 39.3 Å². The third-order valence-electron chi connectivity index (χ3n) is 12.9. The molecule has 10 heteroatoms. The number of carbonyl (C=O) groups is 1. The van der Waals surface area contributed by atoms with Crippen molar-refractivity contribution in [3.8, 4) is 0 Å². The minimum absolute atomic E-state index is 0.00193. The maximum absolute atomic E-state index is 13.1. The van der Waals surface area contributed by atoms with E-state index in [1.54, 1.807) is 6.08 Å². The molecule has 38 heavy (non-hydrogen) atoms. The predicted octanol–water partition coefficient (Wildman–Crippen LogP) is 7.54. The number of carbonyl (C=O) groups excluding carboxylic acids is 1. The summed E-state index contributed by atoms with van der Waals surface area (Å²) in [6, 6.07) is 0. The van der Waals surface area contributed by atoms with Crippen molar-refractivity contribution in [2.75, 3.05) is 0 Å². The molecule has 4 saturated carbocycles. The summed E-state index contributed by atoms with van der Waals surface area (Å²) >= 11 is 0. The summed E-state index contributed by atoms with van der Waals surface area (Å²) in [5, 5.41) is 0. The zero-order valence-corrected chi connectivity index (χ0v) is 25.1. The van der Waals surface area contributed by atoms with Crippen LogP contribution in [0.5, 0.6) is 0 Å². The van der Waals surface area contributed by atoms with Gasteiger partial charge in [0.05, 0.1) is 14.9 Å². The molecule has 9 atom stereocenters. The summed E-state index contributed by atoms with van der Waals surface area (Å²) in [7, 11) is -3.56. The number of hydrogen-bond acceptors (Lipinski definition) is 5. The van der Waals surface area contributed by atoms with E-state index in [9.17, 15) is 26.4 Å². The van der Waals surface area contributed by atoms with E-state index < -0.39 is 21.0 Å². The van der Waals surface area contributed by atoms with Gasteiger partial charge in [-0.25, -0.2) is 0 Å². The maximum Gasteiger partial charge on any atom is 0.534 e. The number of allylic oxidation sites excluding steroid dienone is 2. The first-order valence-corrected chi connectivity index (χ1v) is 15.9. The number of rotatable bonds is 3. The minimum Gasteiger partial charge on any atom is -0.451 e. The van der Waals surface area contributed by atoms with Crippen LogP contribution in [0.2, 0.25) is 0 Å². The third-order valence-corrected chi connectivity index (χ3v) is 14.0. The highest BCUT2D eigenvalue weighted by Gasteiger charge is 2.71. The second-order valence-electron chi connectivity index (χ2n) is 14.2. The Morgan fingerprint density at radius 1 is 0.921 bits per heavy atom. The van der Waals surface area contributed by atoms with Crippen LogP contribution in [0, 0.1) is 50.7 Å². The molecule has 0 bridgehead atoms. The Bertz CT molecular complexity index is 1150. The zero-order valence-electron chi connectivity index (χ0n) is 23.1. The van der Waals surface area contributed by atoms with Crippen molar-refractivity contribution in [3.05, 3.63) is 11.8 Å². The van der Waals surface area contributed by atoms with Gasteiger partial charge >= 0.3 is 21.6 Å². The van der Waals surface area contributed by atoms with Crippen molar-refractivity contribution >= 4 is 25.6 Å². The van der Waals surface area contributed by atoms with Crippen LogP contribution in [0.25, 0.3) is 0 Å². The predicted molar refractivity (Wildman–Crippen MR) is 141 cm³/mol. The van der Waals surface area contributed by atoms with E-state index >= 15 is 0 Å². The molecule has 5 nitrogen and oxygen atoms in total. The lowest BCUT2D eigenvalue weighted by Gasteiger charge is -2.71. The van der Waals surface area contributed by atoms with E-state index in [2.05, 4.69) is 30.2 Å². The van der Waals surface area contributed by atoms with Gasteiger partial charge in [-0.05, 0) is 104 Å². The molecule has 5 rings (SSSR count). The molecule has 0 radical (unpaired) electrons. The Morgan fingerprint density at radius 2 is 1.61 bits per heavy atom. The van der Waals surface area contributed by atoms with Crippen LogP contribution in [0.15, 0.2) is 11.8 Å². The van der Waals surface area contributed by atoms with Gasteiger partial charge in [-0.3, -0.25) is 4.79 Å². The molecule has 0 aliphatic heterocycles. The second kappa shape index (κ2) is 8.59. The first-order chi connectivity index (χ1) is 17.4. The minimum atomic E-state index is -5.72. The van der Waals surface area contributed by atoms with E-state index in [0.717, 1.165) is 57.8 Å². The van der Waals surface area contributed by atoms with Crippen LogP contribution >= 0.6 is 9.47 Å². The molecular weight excluding hydrogens is 536 g/mol. The summed E-state index contributed by atoms with van der Waals surface area (Å²) < 4.78 is 73.2. The lowest BCUT2D eigenvalue weighted by molar-refractivity contribution is -0.227. The van der Waals surface area contributed by atoms with Crippen LogP contribution in [-0.2, 0) is 23.6 Å². The van der Waals surface area contributed by atoms with E-state index in [1.807, 2.05) is 13.8 Å². The maximum atomic E-state index is 13.1. The molecule has 5 aliphatic carbocycles.